The molecule has 2 rings (SSSR count). The van der Waals surface area contributed by atoms with Crippen LogP contribution in [0.1, 0.15) is 51.9 Å². The first-order valence-electron chi connectivity index (χ1n) is 6.70. The van der Waals surface area contributed by atoms with Crippen molar-refractivity contribution in [1.82, 2.24) is 5.32 Å². The Bertz CT molecular complexity index is 254. The predicted molar refractivity (Wildman–Crippen MR) is 64.9 cm³/mol. The van der Waals surface area contributed by atoms with Crippen molar-refractivity contribution >= 4 is 5.91 Å². The van der Waals surface area contributed by atoms with Crippen LogP contribution in [-0.2, 0) is 4.79 Å². The molecule has 4 atom stereocenters. The minimum atomic E-state index is -0.105. The van der Waals surface area contributed by atoms with Gasteiger partial charge < -0.3 is 11.1 Å². The van der Waals surface area contributed by atoms with Crippen LogP contribution in [0.2, 0.25) is 0 Å². The van der Waals surface area contributed by atoms with E-state index in [-0.39, 0.29) is 11.8 Å². The highest BCUT2D eigenvalue weighted by atomic mass is 16.1. The van der Waals surface area contributed by atoms with Gasteiger partial charge in [-0.1, -0.05) is 13.3 Å². The lowest BCUT2D eigenvalue weighted by atomic mass is 9.85. The number of carbonyl (C=O) groups excluding carboxylic acids is 1. The van der Waals surface area contributed by atoms with Crippen LogP contribution < -0.4 is 11.1 Å². The molecule has 3 nitrogen and oxygen atoms in total. The molecule has 0 aromatic rings. The van der Waals surface area contributed by atoms with E-state index in [4.69, 9.17) is 5.73 Å². The molecular formula is C13H24N2O. The third-order valence-electron chi connectivity index (χ3n) is 4.24. The monoisotopic (exact) mass is 224 g/mol. The maximum atomic E-state index is 11.2. The largest absolute Gasteiger partial charge is 0.369 e. The normalized spacial score (nSPS) is 39.8. The van der Waals surface area contributed by atoms with Crippen molar-refractivity contribution in [3.63, 3.8) is 0 Å². The number of hydrogen-bond acceptors (Lipinski definition) is 2. The molecule has 92 valence electrons. The fourth-order valence-electron chi connectivity index (χ4n) is 3.29. The summed E-state index contributed by atoms with van der Waals surface area (Å²) in [5.74, 6) is 0.879. The molecule has 0 spiro atoms. The summed E-state index contributed by atoms with van der Waals surface area (Å²) < 4.78 is 0. The Morgan fingerprint density at radius 2 is 1.88 bits per heavy atom. The zero-order valence-corrected chi connectivity index (χ0v) is 10.2. The van der Waals surface area contributed by atoms with Crippen LogP contribution in [0, 0.1) is 11.8 Å². The number of rotatable bonds is 3. The van der Waals surface area contributed by atoms with E-state index >= 15 is 0 Å². The van der Waals surface area contributed by atoms with Gasteiger partial charge in [0.1, 0.15) is 0 Å². The average molecular weight is 224 g/mol. The number of primary amides is 1. The van der Waals surface area contributed by atoms with E-state index in [9.17, 15) is 4.79 Å². The molecule has 1 amide bonds. The highest BCUT2D eigenvalue weighted by molar-refractivity contribution is 5.76. The summed E-state index contributed by atoms with van der Waals surface area (Å²) in [6.45, 7) is 2.33. The van der Waals surface area contributed by atoms with E-state index in [2.05, 4.69) is 12.2 Å². The zero-order chi connectivity index (χ0) is 11.5. The fourth-order valence-corrected chi connectivity index (χ4v) is 3.29. The van der Waals surface area contributed by atoms with Gasteiger partial charge in [-0.2, -0.15) is 0 Å². The minimum Gasteiger partial charge on any atom is -0.369 e. The topological polar surface area (TPSA) is 55.1 Å². The molecule has 3 heteroatoms. The highest BCUT2D eigenvalue weighted by Gasteiger charge is 2.29. The van der Waals surface area contributed by atoms with Crippen molar-refractivity contribution in [3.8, 4) is 0 Å². The first-order valence-corrected chi connectivity index (χ1v) is 6.70. The van der Waals surface area contributed by atoms with Gasteiger partial charge in [-0.3, -0.25) is 4.79 Å². The van der Waals surface area contributed by atoms with Crippen LogP contribution in [0.25, 0.3) is 0 Å². The molecule has 0 aromatic heterocycles. The second kappa shape index (κ2) is 5.17. The Kier molecular flexibility index (Phi) is 3.85. The van der Waals surface area contributed by atoms with Gasteiger partial charge in [-0.05, 0) is 44.4 Å². The first kappa shape index (κ1) is 11.9. The number of nitrogens with one attached hydrogen (secondary N) is 1. The Balaban J connectivity index is 1.79. The summed E-state index contributed by atoms with van der Waals surface area (Å²) in [5, 5.41) is 3.73. The zero-order valence-electron chi connectivity index (χ0n) is 10.2. The van der Waals surface area contributed by atoms with Crippen LogP contribution in [0.4, 0.5) is 0 Å². The van der Waals surface area contributed by atoms with Crippen molar-refractivity contribution in [1.29, 1.82) is 0 Å². The lowest BCUT2D eigenvalue weighted by Crippen LogP contribution is -2.42. The number of hydrogen-bond donors (Lipinski definition) is 2. The van der Waals surface area contributed by atoms with Crippen LogP contribution in [0.15, 0.2) is 0 Å². The van der Waals surface area contributed by atoms with Gasteiger partial charge in [0.2, 0.25) is 5.91 Å². The average Bonchev–Trinajstić information content (AvgIpc) is 2.64. The van der Waals surface area contributed by atoms with Crippen molar-refractivity contribution in [2.24, 2.45) is 17.6 Å². The Hall–Kier alpha value is -0.570. The van der Waals surface area contributed by atoms with Crippen molar-refractivity contribution in [2.45, 2.75) is 64.0 Å². The molecular weight excluding hydrogens is 200 g/mol. The second-order valence-electron chi connectivity index (χ2n) is 5.74. The molecule has 0 saturated heterocycles. The first-order chi connectivity index (χ1) is 7.65. The molecule has 2 saturated carbocycles. The third kappa shape index (κ3) is 2.97. The van der Waals surface area contributed by atoms with Crippen LogP contribution in [-0.4, -0.2) is 18.0 Å². The predicted octanol–water partition coefficient (Wildman–Crippen LogP) is 1.81. The number of amides is 1. The second-order valence-corrected chi connectivity index (χ2v) is 5.74. The SMILES string of the molecule is CC1CCC(NC2CCCC(C(N)=O)C2)C1. The minimum absolute atomic E-state index is 0.105. The van der Waals surface area contributed by atoms with Crippen LogP contribution in [0.3, 0.4) is 0 Å². The maximum absolute atomic E-state index is 11.2. The highest BCUT2D eigenvalue weighted by Crippen LogP contribution is 2.29. The van der Waals surface area contributed by atoms with E-state index in [1.165, 1.54) is 25.7 Å². The van der Waals surface area contributed by atoms with E-state index in [1.54, 1.807) is 0 Å². The van der Waals surface area contributed by atoms with E-state index in [0.29, 0.717) is 12.1 Å². The van der Waals surface area contributed by atoms with Crippen molar-refractivity contribution in [3.05, 3.63) is 0 Å². The smallest absolute Gasteiger partial charge is 0.220 e. The number of carbonyl (C=O) groups is 1. The molecule has 2 aliphatic carbocycles. The summed E-state index contributed by atoms with van der Waals surface area (Å²) in [5.41, 5.74) is 5.39. The summed E-state index contributed by atoms with van der Waals surface area (Å²) in [6.07, 6.45) is 8.28. The Morgan fingerprint density at radius 1 is 1.12 bits per heavy atom. The van der Waals surface area contributed by atoms with Crippen molar-refractivity contribution in [2.75, 3.05) is 0 Å². The van der Waals surface area contributed by atoms with Gasteiger partial charge in [0.25, 0.3) is 0 Å². The number of nitrogens with two attached hydrogens (primary N) is 1. The summed E-state index contributed by atoms with van der Waals surface area (Å²) in [6, 6.07) is 1.22. The van der Waals surface area contributed by atoms with Crippen LogP contribution >= 0.6 is 0 Å². The van der Waals surface area contributed by atoms with E-state index < -0.39 is 0 Å². The Morgan fingerprint density at radius 3 is 2.50 bits per heavy atom. The molecule has 2 fully saturated rings. The summed E-state index contributed by atoms with van der Waals surface area (Å²) in [7, 11) is 0. The lowest BCUT2D eigenvalue weighted by Gasteiger charge is -2.30. The molecule has 0 radical (unpaired) electrons. The lowest BCUT2D eigenvalue weighted by molar-refractivity contribution is -0.122. The molecule has 0 heterocycles. The summed E-state index contributed by atoms with van der Waals surface area (Å²) >= 11 is 0. The third-order valence-corrected chi connectivity index (χ3v) is 4.24. The van der Waals surface area contributed by atoms with Gasteiger partial charge in [0.05, 0.1) is 0 Å². The summed E-state index contributed by atoms with van der Waals surface area (Å²) in [4.78, 5) is 11.2. The fraction of sp³-hybridized carbons (Fsp3) is 0.923. The Labute approximate surface area is 98.2 Å². The van der Waals surface area contributed by atoms with Crippen LogP contribution in [0.5, 0.6) is 0 Å². The molecule has 16 heavy (non-hydrogen) atoms. The van der Waals surface area contributed by atoms with Gasteiger partial charge in [-0.15, -0.1) is 0 Å². The van der Waals surface area contributed by atoms with Crippen molar-refractivity contribution < 1.29 is 4.79 Å². The molecule has 2 aliphatic rings. The van der Waals surface area contributed by atoms with Gasteiger partial charge in [0, 0.05) is 18.0 Å². The quantitative estimate of drug-likeness (QED) is 0.768. The van der Waals surface area contributed by atoms with Gasteiger partial charge in [0.15, 0.2) is 0 Å². The molecule has 0 aliphatic heterocycles. The van der Waals surface area contributed by atoms with E-state index in [1.807, 2.05) is 0 Å². The standard InChI is InChI=1S/C13H24N2O/c1-9-5-6-12(7-9)15-11-4-2-3-10(8-11)13(14)16/h9-12,15H,2-8H2,1H3,(H2,14,16). The van der Waals surface area contributed by atoms with Gasteiger partial charge >= 0.3 is 0 Å². The van der Waals surface area contributed by atoms with Gasteiger partial charge in [-0.25, -0.2) is 0 Å². The maximum Gasteiger partial charge on any atom is 0.220 e. The van der Waals surface area contributed by atoms with E-state index in [0.717, 1.165) is 25.2 Å². The molecule has 0 aromatic carbocycles. The molecule has 0 bridgehead atoms. The molecule has 4 unspecified atom stereocenters. The molecule has 3 N–H and O–H groups in total.